The van der Waals surface area contributed by atoms with Gasteiger partial charge in [-0.3, -0.25) is 10.1 Å². The first kappa shape index (κ1) is 21.3. The minimum absolute atomic E-state index is 0.00298. The Hall–Kier alpha value is -2.00. The van der Waals surface area contributed by atoms with Gasteiger partial charge in [-0.05, 0) is 32.4 Å². The molecular formula is C19H23FN2O4S. The number of hydrogen-bond donors (Lipinski definition) is 2. The van der Waals surface area contributed by atoms with E-state index in [1.165, 1.54) is 0 Å². The van der Waals surface area contributed by atoms with E-state index in [4.69, 9.17) is 0 Å². The predicted molar refractivity (Wildman–Crippen MR) is 103 cm³/mol. The maximum atomic E-state index is 14.4. The van der Waals surface area contributed by atoms with Crippen LogP contribution < -0.4 is 4.72 Å². The molecule has 2 aromatic rings. The lowest BCUT2D eigenvalue weighted by molar-refractivity contribution is -0.385. The largest absolute Gasteiger partial charge is 0.598 e. The molecule has 146 valence electrons. The molecule has 8 heteroatoms. The minimum atomic E-state index is -1.56. The van der Waals surface area contributed by atoms with Crippen LogP contribution in [0.15, 0.2) is 48.5 Å². The Bertz CT molecular complexity index is 783. The van der Waals surface area contributed by atoms with E-state index in [0.717, 1.165) is 18.2 Å². The second-order valence-electron chi connectivity index (χ2n) is 7.18. The number of nitrogens with one attached hydrogen (secondary N) is 1. The fourth-order valence-corrected chi connectivity index (χ4v) is 3.33. The molecule has 3 atom stereocenters. The van der Waals surface area contributed by atoms with Crippen molar-refractivity contribution in [1.29, 1.82) is 0 Å². The number of aliphatic hydroxyl groups excluding tert-OH is 1. The van der Waals surface area contributed by atoms with Crippen LogP contribution in [0.25, 0.3) is 0 Å². The number of halogens is 1. The normalized spacial score (nSPS) is 15.2. The van der Waals surface area contributed by atoms with Gasteiger partial charge in [0.2, 0.25) is 0 Å². The number of nitro groups is 1. The van der Waals surface area contributed by atoms with Crippen LogP contribution in [0.2, 0.25) is 0 Å². The van der Waals surface area contributed by atoms with Gasteiger partial charge in [-0.25, -0.2) is 4.39 Å². The van der Waals surface area contributed by atoms with E-state index in [1.54, 1.807) is 51.1 Å². The van der Waals surface area contributed by atoms with Crippen molar-refractivity contribution in [3.05, 3.63) is 75.6 Å². The minimum Gasteiger partial charge on any atom is -0.598 e. The number of nitro benzene ring substituents is 1. The van der Waals surface area contributed by atoms with Gasteiger partial charge in [-0.2, -0.15) is 0 Å². The molecule has 0 aliphatic carbocycles. The number of nitrogens with zero attached hydrogens (tertiary/aromatic N) is 1. The molecule has 0 saturated heterocycles. The molecule has 0 radical (unpaired) electrons. The summed E-state index contributed by atoms with van der Waals surface area (Å²) in [6.45, 7) is 5.26. The van der Waals surface area contributed by atoms with Gasteiger partial charge in [0.1, 0.15) is 10.6 Å². The molecule has 0 bridgehead atoms. The van der Waals surface area contributed by atoms with Gasteiger partial charge in [0, 0.05) is 35.5 Å². The monoisotopic (exact) mass is 394 g/mol. The number of rotatable bonds is 7. The highest BCUT2D eigenvalue weighted by Gasteiger charge is 2.32. The van der Waals surface area contributed by atoms with E-state index in [9.17, 15) is 24.2 Å². The van der Waals surface area contributed by atoms with E-state index in [-0.39, 0.29) is 17.7 Å². The topological polar surface area (TPSA) is 98.5 Å². The maximum absolute atomic E-state index is 14.4. The van der Waals surface area contributed by atoms with Gasteiger partial charge >= 0.3 is 0 Å². The Morgan fingerprint density at radius 1 is 1.22 bits per heavy atom. The van der Waals surface area contributed by atoms with Crippen molar-refractivity contribution < 1.29 is 19.0 Å². The summed E-state index contributed by atoms with van der Waals surface area (Å²) in [5.74, 6) is -0.663. The summed E-state index contributed by atoms with van der Waals surface area (Å²) < 4.78 is 29.2. The molecule has 0 aliphatic rings. The van der Waals surface area contributed by atoms with Crippen LogP contribution in [0.4, 0.5) is 10.1 Å². The van der Waals surface area contributed by atoms with Crippen molar-refractivity contribution in [2.75, 3.05) is 0 Å². The second-order valence-corrected chi connectivity index (χ2v) is 9.17. The first-order valence-electron chi connectivity index (χ1n) is 8.44. The van der Waals surface area contributed by atoms with Crippen molar-refractivity contribution in [2.45, 2.75) is 44.1 Å². The zero-order valence-electron chi connectivity index (χ0n) is 15.4. The maximum Gasteiger partial charge on any atom is 0.269 e. The van der Waals surface area contributed by atoms with Gasteiger partial charge < -0.3 is 9.66 Å². The van der Waals surface area contributed by atoms with Crippen LogP contribution in [0, 0.1) is 15.9 Å². The van der Waals surface area contributed by atoms with E-state index < -0.39 is 39.0 Å². The Morgan fingerprint density at radius 3 is 2.41 bits per heavy atom. The van der Waals surface area contributed by atoms with Crippen molar-refractivity contribution in [1.82, 2.24) is 4.72 Å². The molecule has 2 rings (SSSR count). The highest BCUT2D eigenvalue weighted by molar-refractivity contribution is 7.90. The molecule has 0 aliphatic heterocycles. The molecule has 0 spiro atoms. The fraction of sp³-hybridized carbons (Fsp3) is 0.368. The smallest absolute Gasteiger partial charge is 0.269 e. The summed E-state index contributed by atoms with van der Waals surface area (Å²) in [5, 5.41) is 21.6. The van der Waals surface area contributed by atoms with E-state index in [0.29, 0.717) is 5.56 Å². The molecule has 27 heavy (non-hydrogen) atoms. The highest BCUT2D eigenvalue weighted by Crippen LogP contribution is 2.32. The molecule has 3 unspecified atom stereocenters. The molecule has 0 fully saturated rings. The van der Waals surface area contributed by atoms with Gasteiger partial charge in [-0.1, -0.05) is 30.3 Å². The van der Waals surface area contributed by atoms with Crippen molar-refractivity contribution in [3.63, 3.8) is 0 Å². The van der Waals surface area contributed by atoms with Crippen LogP contribution in [0.1, 0.15) is 50.5 Å². The van der Waals surface area contributed by atoms with Crippen LogP contribution in [0.5, 0.6) is 0 Å². The molecule has 0 heterocycles. The zero-order chi connectivity index (χ0) is 20.2. The summed E-state index contributed by atoms with van der Waals surface area (Å²) >= 11 is -1.56. The number of hydrogen-bond acceptors (Lipinski definition) is 5. The average molecular weight is 394 g/mol. The summed E-state index contributed by atoms with van der Waals surface area (Å²) in [4.78, 5) is 10.4. The first-order chi connectivity index (χ1) is 12.6. The van der Waals surface area contributed by atoms with Gasteiger partial charge in [0.25, 0.3) is 5.69 Å². The molecular weight excluding hydrogens is 371 g/mol. The number of non-ortho nitro benzene ring substituents is 1. The summed E-state index contributed by atoms with van der Waals surface area (Å²) in [5.41, 5.74) is 0.349. The summed E-state index contributed by atoms with van der Waals surface area (Å²) in [6, 6.07) is 11.1. The van der Waals surface area contributed by atoms with Crippen molar-refractivity contribution >= 4 is 17.0 Å². The van der Waals surface area contributed by atoms with Crippen LogP contribution in [-0.4, -0.2) is 19.3 Å². The lowest BCUT2D eigenvalue weighted by Gasteiger charge is -2.29. The summed E-state index contributed by atoms with van der Waals surface area (Å²) in [7, 11) is 0. The SMILES string of the molecule is CC(C)(C)[S+]([O-])NC(CC(O)c1ccccc1)c1cc([N+](=O)[O-])ccc1F. The first-order valence-corrected chi connectivity index (χ1v) is 9.59. The molecule has 6 nitrogen and oxygen atoms in total. The fourth-order valence-electron chi connectivity index (χ4n) is 2.49. The average Bonchev–Trinajstić information content (AvgIpc) is 2.61. The Morgan fingerprint density at radius 2 is 1.85 bits per heavy atom. The third kappa shape index (κ3) is 5.74. The molecule has 2 aromatic carbocycles. The van der Waals surface area contributed by atoms with Gasteiger partial charge in [-0.15, -0.1) is 4.72 Å². The molecule has 2 N–H and O–H groups in total. The van der Waals surface area contributed by atoms with E-state index >= 15 is 0 Å². The highest BCUT2D eigenvalue weighted by atomic mass is 32.2. The Kier molecular flexibility index (Phi) is 6.94. The standard InChI is InChI=1S/C19H23FN2O4S/c1-19(2,3)27(26)21-17(12-18(23)13-7-5-4-6-8-13)15-11-14(22(24)25)9-10-16(15)20/h4-11,17-18,21,23H,12H2,1-3H3. The molecule has 0 saturated carbocycles. The molecule has 0 amide bonds. The van der Waals surface area contributed by atoms with Crippen LogP contribution in [-0.2, 0) is 11.4 Å². The summed E-state index contributed by atoms with van der Waals surface area (Å²) in [6.07, 6.45) is -0.955. The van der Waals surface area contributed by atoms with Gasteiger partial charge in [0.05, 0.1) is 17.1 Å². The zero-order valence-corrected chi connectivity index (χ0v) is 16.2. The van der Waals surface area contributed by atoms with Crippen molar-refractivity contribution in [2.24, 2.45) is 0 Å². The van der Waals surface area contributed by atoms with Crippen LogP contribution in [0.3, 0.4) is 0 Å². The Labute approximate surface area is 160 Å². The third-order valence-corrected chi connectivity index (χ3v) is 5.63. The van der Waals surface area contributed by atoms with Crippen LogP contribution >= 0.6 is 0 Å². The molecule has 0 aromatic heterocycles. The number of aliphatic hydroxyl groups is 1. The van der Waals surface area contributed by atoms with Gasteiger partial charge in [0.15, 0.2) is 0 Å². The third-order valence-electron chi connectivity index (χ3n) is 4.01. The predicted octanol–water partition coefficient (Wildman–Crippen LogP) is 3.95. The lowest BCUT2D eigenvalue weighted by atomic mass is 9.96. The second kappa shape index (κ2) is 8.79. The number of benzene rings is 2. The Balaban J connectivity index is 2.38. The quantitative estimate of drug-likeness (QED) is 0.421. The lowest BCUT2D eigenvalue weighted by Crippen LogP contribution is -2.41. The van der Waals surface area contributed by atoms with E-state index in [2.05, 4.69) is 4.72 Å². The van der Waals surface area contributed by atoms with Crippen molar-refractivity contribution in [3.8, 4) is 0 Å². The van der Waals surface area contributed by atoms with E-state index in [1.807, 2.05) is 0 Å².